The van der Waals surface area contributed by atoms with E-state index in [1.165, 1.54) is 0 Å². The van der Waals surface area contributed by atoms with E-state index in [9.17, 15) is 14.7 Å². The van der Waals surface area contributed by atoms with Crippen LogP contribution in [0.4, 0.5) is 10.2 Å². The summed E-state index contributed by atoms with van der Waals surface area (Å²) in [7, 11) is 2.06. The summed E-state index contributed by atoms with van der Waals surface area (Å²) in [4.78, 5) is 39.9. The van der Waals surface area contributed by atoms with Gasteiger partial charge in [0.25, 0.3) is 0 Å². The summed E-state index contributed by atoms with van der Waals surface area (Å²) in [5.74, 6) is -0.821. The summed E-state index contributed by atoms with van der Waals surface area (Å²) in [5.41, 5.74) is 6.33. The van der Waals surface area contributed by atoms with E-state index in [-0.39, 0.29) is 47.7 Å². The molecule has 3 fully saturated rings. The Bertz CT molecular complexity index is 1770. The Labute approximate surface area is 254 Å². The number of likely N-dealkylation sites (tertiary alicyclic amines) is 1. The van der Waals surface area contributed by atoms with E-state index in [2.05, 4.69) is 21.8 Å². The lowest BCUT2D eigenvalue weighted by molar-refractivity contribution is -0.137. The molecule has 2 amide bonds. The number of amides is 2. The SMILES string of the molecule is CN1CCC[C@H]1COc1nc(N2CC3CCC(C2)N3C(=O)CC(N)=O)c2ccc(-c3cc(O)cc4ccccc34)c(F)c2n1. The van der Waals surface area contributed by atoms with Crippen LogP contribution in [-0.4, -0.2) is 88.1 Å². The smallest absolute Gasteiger partial charge is 0.319 e. The number of primary amides is 1. The number of phenols is 1. The number of halogens is 1. The van der Waals surface area contributed by atoms with Gasteiger partial charge in [0.2, 0.25) is 11.8 Å². The number of likely N-dealkylation sites (N-methyl/N-ethyl adjacent to an activating group) is 1. The Balaban J connectivity index is 1.30. The standard InChI is InChI=1S/C33H35FN6O4/c1-38-12-4-6-22(38)18-44-33-36-31-26(11-10-25(30(31)34)27-14-23(41)13-19-5-2-3-7-24(19)27)32(37-33)39-16-20-8-9-21(17-39)40(20)29(43)15-28(35)42/h2-3,5,7,10-11,13-14,20-22,41H,4,6,8-9,12,15-18H2,1H3,(H2,35,42)/t20?,21?,22-/m0/s1. The number of carbonyl (C=O) groups excluding carboxylic acids is 2. The van der Waals surface area contributed by atoms with Crippen LogP contribution in [0.2, 0.25) is 0 Å². The predicted octanol–water partition coefficient (Wildman–Crippen LogP) is 3.82. The molecular weight excluding hydrogens is 563 g/mol. The van der Waals surface area contributed by atoms with Crippen molar-refractivity contribution in [3.05, 3.63) is 54.3 Å². The Hall–Kier alpha value is -4.51. The van der Waals surface area contributed by atoms with Crippen molar-refractivity contribution in [3.63, 3.8) is 0 Å². The average Bonchev–Trinajstić information content (AvgIpc) is 3.53. The number of fused-ring (bicyclic) bond motifs is 4. The molecule has 3 aliphatic heterocycles. The second kappa shape index (κ2) is 11.2. The molecule has 2 bridgehead atoms. The molecule has 2 unspecified atom stereocenters. The fourth-order valence-electron chi connectivity index (χ4n) is 7.24. The van der Waals surface area contributed by atoms with Gasteiger partial charge in [-0.25, -0.2) is 4.39 Å². The number of hydrogen-bond acceptors (Lipinski definition) is 8. The number of phenolic OH excluding ortho intramolecular Hbond substituents is 1. The molecule has 3 aliphatic rings. The van der Waals surface area contributed by atoms with Crippen LogP contribution in [0.5, 0.6) is 11.8 Å². The van der Waals surface area contributed by atoms with E-state index in [0.717, 1.165) is 43.0 Å². The van der Waals surface area contributed by atoms with Crippen LogP contribution in [0.15, 0.2) is 48.5 Å². The lowest BCUT2D eigenvalue weighted by atomic mass is 9.96. The maximum Gasteiger partial charge on any atom is 0.319 e. The fourth-order valence-corrected chi connectivity index (χ4v) is 7.24. The topological polar surface area (TPSA) is 125 Å². The summed E-state index contributed by atoms with van der Waals surface area (Å²) >= 11 is 0. The minimum atomic E-state index is -0.640. The number of benzene rings is 3. The predicted molar refractivity (Wildman–Crippen MR) is 165 cm³/mol. The minimum Gasteiger partial charge on any atom is -0.508 e. The normalized spacial score (nSPS) is 21.8. The van der Waals surface area contributed by atoms with E-state index in [1.807, 2.05) is 30.3 Å². The molecule has 1 aromatic heterocycles. The molecule has 3 aromatic carbocycles. The molecule has 228 valence electrons. The van der Waals surface area contributed by atoms with Gasteiger partial charge in [0.05, 0.1) is 0 Å². The van der Waals surface area contributed by atoms with Gasteiger partial charge in [-0.15, -0.1) is 0 Å². The summed E-state index contributed by atoms with van der Waals surface area (Å²) in [5, 5.41) is 12.6. The maximum absolute atomic E-state index is 16.6. The number of hydrogen-bond donors (Lipinski definition) is 2. The molecule has 0 radical (unpaired) electrons. The first-order valence-corrected chi connectivity index (χ1v) is 15.2. The van der Waals surface area contributed by atoms with E-state index in [4.69, 9.17) is 15.5 Å². The van der Waals surface area contributed by atoms with Gasteiger partial charge in [-0.3, -0.25) is 9.59 Å². The summed E-state index contributed by atoms with van der Waals surface area (Å²) in [6.45, 7) is 2.35. The van der Waals surface area contributed by atoms with Crippen LogP contribution in [-0.2, 0) is 9.59 Å². The number of aromatic hydroxyl groups is 1. The molecule has 3 saturated heterocycles. The van der Waals surface area contributed by atoms with Crippen molar-refractivity contribution < 1.29 is 23.8 Å². The number of carbonyl (C=O) groups is 2. The summed E-state index contributed by atoms with van der Waals surface area (Å²) < 4.78 is 22.8. The van der Waals surface area contributed by atoms with E-state index >= 15 is 4.39 Å². The zero-order valence-corrected chi connectivity index (χ0v) is 24.6. The van der Waals surface area contributed by atoms with Crippen molar-refractivity contribution in [3.8, 4) is 22.9 Å². The van der Waals surface area contributed by atoms with Crippen molar-refractivity contribution in [2.45, 2.75) is 50.2 Å². The van der Waals surface area contributed by atoms with Gasteiger partial charge in [0.15, 0.2) is 5.82 Å². The molecule has 3 N–H and O–H groups in total. The average molecular weight is 599 g/mol. The molecule has 3 atom stereocenters. The third-order valence-electron chi connectivity index (χ3n) is 9.37. The Morgan fingerprint density at radius 2 is 1.80 bits per heavy atom. The van der Waals surface area contributed by atoms with Crippen LogP contribution >= 0.6 is 0 Å². The number of rotatable bonds is 7. The van der Waals surface area contributed by atoms with Gasteiger partial charge in [0, 0.05) is 42.2 Å². The van der Waals surface area contributed by atoms with E-state index in [0.29, 0.717) is 42.0 Å². The van der Waals surface area contributed by atoms with Gasteiger partial charge in [-0.05, 0) is 73.8 Å². The summed E-state index contributed by atoms with van der Waals surface area (Å²) in [6, 6.07) is 14.4. The molecule has 4 aromatic rings. The second-order valence-corrected chi connectivity index (χ2v) is 12.2. The molecule has 10 nitrogen and oxygen atoms in total. The van der Waals surface area contributed by atoms with Crippen molar-refractivity contribution in [1.82, 2.24) is 19.8 Å². The fraction of sp³-hybridized carbons (Fsp3) is 0.394. The van der Waals surface area contributed by atoms with Gasteiger partial charge < -0.3 is 30.3 Å². The Kier molecular flexibility index (Phi) is 7.20. The third kappa shape index (κ3) is 5.04. The highest BCUT2D eigenvalue weighted by atomic mass is 19.1. The zero-order chi connectivity index (χ0) is 30.5. The number of anilines is 1. The van der Waals surface area contributed by atoms with Crippen LogP contribution < -0.4 is 15.4 Å². The van der Waals surface area contributed by atoms with Gasteiger partial charge in [-0.2, -0.15) is 9.97 Å². The van der Waals surface area contributed by atoms with Crippen LogP contribution in [0.25, 0.3) is 32.8 Å². The number of nitrogens with two attached hydrogens (primary N) is 1. The number of aromatic nitrogens is 2. The Morgan fingerprint density at radius 1 is 1.02 bits per heavy atom. The molecular formula is C33H35FN6O4. The number of piperazine rings is 1. The molecule has 4 heterocycles. The number of ether oxygens (including phenoxy) is 1. The molecule has 0 spiro atoms. The first-order chi connectivity index (χ1) is 21.3. The lowest BCUT2D eigenvalue weighted by Gasteiger charge is -2.41. The summed E-state index contributed by atoms with van der Waals surface area (Å²) in [6.07, 6.45) is 3.38. The molecule has 0 saturated carbocycles. The monoisotopic (exact) mass is 598 g/mol. The lowest BCUT2D eigenvalue weighted by Crippen LogP contribution is -2.56. The van der Waals surface area contributed by atoms with Crippen molar-refractivity contribution in [2.24, 2.45) is 5.73 Å². The largest absolute Gasteiger partial charge is 0.508 e. The molecule has 7 rings (SSSR count). The van der Waals surface area contributed by atoms with Gasteiger partial charge in [0.1, 0.15) is 30.1 Å². The van der Waals surface area contributed by atoms with Crippen molar-refractivity contribution in [1.29, 1.82) is 0 Å². The van der Waals surface area contributed by atoms with E-state index < -0.39 is 11.7 Å². The highest BCUT2D eigenvalue weighted by Crippen LogP contribution is 2.40. The van der Waals surface area contributed by atoms with Crippen molar-refractivity contribution in [2.75, 3.05) is 38.2 Å². The van der Waals surface area contributed by atoms with Crippen LogP contribution in [0.1, 0.15) is 32.1 Å². The minimum absolute atomic E-state index is 0.0468. The first-order valence-electron chi connectivity index (χ1n) is 15.2. The highest BCUT2D eigenvalue weighted by Gasteiger charge is 2.43. The van der Waals surface area contributed by atoms with Gasteiger partial charge in [-0.1, -0.05) is 30.3 Å². The zero-order valence-electron chi connectivity index (χ0n) is 24.6. The second-order valence-electron chi connectivity index (χ2n) is 12.2. The van der Waals surface area contributed by atoms with E-state index in [1.54, 1.807) is 23.1 Å². The molecule has 11 heteroatoms. The maximum atomic E-state index is 16.6. The third-order valence-corrected chi connectivity index (χ3v) is 9.37. The number of nitrogens with zero attached hydrogens (tertiary/aromatic N) is 5. The van der Waals surface area contributed by atoms with Crippen LogP contribution in [0, 0.1) is 5.82 Å². The Morgan fingerprint density at radius 3 is 2.52 bits per heavy atom. The quantitative estimate of drug-likeness (QED) is 0.308. The van der Waals surface area contributed by atoms with Gasteiger partial charge >= 0.3 is 6.01 Å². The van der Waals surface area contributed by atoms with Crippen LogP contribution in [0.3, 0.4) is 0 Å². The first kappa shape index (κ1) is 28.3. The van der Waals surface area contributed by atoms with Crippen molar-refractivity contribution >= 4 is 39.3 Å². The molecule has 0 aliphatic carbocycles. The molecule has 44 heavy (non-hydrogen) atoms. The highest BCUT2D eigenvalue weighted by molar-refractivity contribution is 6.01.